The van der Waals surface area contributed by atoms with E-state index in [-0.39, 0.29) is 0 Å². The Bertz CT molecular complexity index is 2460. The van der Waals surface area contributed by atoms with E-state index >= 15 is 0 Å². The molecule has 4 nitrogen and oxygen atoms in total. The van der Waals surface area contributed by atoms with Gasteiger partial charge < -0.3 is 0 Å². The summed E-state index contributed by atoms with van der Waals surface area (Å²) in [5.41, 5.74) is 7.47. The first-order valence-electron chi connectivity index (χ1n) is 14.0. The third-order valence-electron chi connectivity index (χ3n) is 8.10. The molecule has 0 radical (unpaired) electrons. The predicted octanol–water partition coefficient (Wildman–Crippen LogP) is 9.82. The lowest BCUT2D eigenvalue weighted by Gasteiger charge is -2.12. The highest BCUT2D eigenvalue weighted by Gasteiger charge is 2.19. The lowest BCUT2D eigenvalue weighted by molar-refractivity contribution is 1.01. The standard InChI is InChI=1S/C37H22N4S/c1-2-9-23(10-3-1)24-16-18-25(19-17-24)35-28-12-4-6-14-31(28)39-37(40-35)41-32-15-7-5-11-26(32)29-22-34-30(21-33(29)41)27-13-8-20-38-36(27)42-34/h1-22H. The Morgan fingerprint density at radius 2 is 1.21 bits per heavy atom. The van der Waals surface area contributed by atoms with Gasteiger partial charge in [0.1, 0.15) is 4.83 Å². The van der Waals surface area contributed by atoms with Gasteiger partial charge in [-0.15, -0.1) is 11.3 Å². The molecule has 0 aliphatic heterocycles. The molecule has 0 N–H and O–H groups in total. The molecule has 5 heteroatoms. The van der Waals surface area contributed by atoms with Crippen LogP contribution in [0.1, 0.15) is 0 Å². The molecular weight excluding hydrogens is 533 g/mol. The monoisotopic (exact) mass is 554 g/mol. The van der Waals surface area contributed by atoms with Crippen molar-refractivity contribution in [2.45, 2.75) is 0 Å². The molecule has 42 heavy (non-hydrogen) atoms. The fourth-order valence-corrected chi connectivity index (χ4v) is 7.19. The highest BCUT2D eigenvalue weighted by molar-refractivity contribution is 7.25. The van der Waals surface area contributed by atoms with E-state index in [1.807, 2.05) is 24.4 Å². The van der Waals surface area contributed by atoms with Crippen LogP contribution in [0, 0.1) is 0 Å². The first-order valence-corrected chi connectivity index (χ1v) is 14.8. The van der Waals surface area contributed by atoms with Crippen molar-refractivity contribution in [3.05, 3.63) is 134 Å². The number of hydrogen-bond donors (Lipinski definition) is 0. The third-order valence-corrected chi connectivity index (χ3v) is 9.18. The van der Waals surface area contributed by atoms with Crippen LogP contribution in [-0.2, 0) is 0 Å². The fraction of sp³-hybridized carbons (Fsp3) is 0. The number of pyridine rings is 1. The van der Waals surface area contributed by atoms with Crippen LogP contribution >= 0.6 is 11.3 Å². The molecule has 9 rings (SSSR count). The first kappa shape index (κ1) is 23.3. The molecule has 4 aromatic heterocycles. The largest absolute Gasteiger partial charge is 0.278 e. The topological polar surface area (TPSA) is 43.6 Å². The molecule has 5 aromatic carbocycles. The Morgan fingerprint density at radius 3 is 2.10 bits per heavy atom. The van der Waals surface area contributed by atoms with Gasteiger partial charge in [0.15, 0.2) is 0 Å². The molecule has 0 aliphatic rings. The van der Waals surface area contributed by atoms with Gasteiger partial charge in [0.2, 0.25) is 5.95 Å². The van der Waals surface area contributed by atoms with Gasteiger partial charge in [-0.05, 0) is 47.5 Å². The Morgan fingerprint density at radius 1 is 0.500 bits per heavy atom. The van der Waals surface area contributed by atoms with E-state index in [4.69, 9.17) is 9.97 Å². The van der Waals surface area contributed by atoms with Crippen LogP contribution in [0.4, 0.5) is 0 Å². The number of thiophene rings is 1. The van der Waals surface area contributed by atoms with Crippen LogP contribution in [0.3, 0.4) is 0 Å². The van der Waals surface area contributed by atoms with Gasteiger partial charge in [0.25, 0.3) is 0 Å². The number of rotatable bonds is 3. The van der Waals surface area contributed by atoms with E-state index in [1.54, 1.807) is 11.3 Å². The van der Waals surface area contributed by atoms with Gasteiger partial charge in [-0.3, -0.25) is 4.57 Å². The van der Waals surface area contributed by atoms with E-state index in [2.05, 4.69) is 119 Å². The second-order valence-corrected chi connectivity index (χ2v) is 11.5. The molecule has 0 saturated heterocycles. The van der Waals surface area contributed by atoms with Crippen LogP contribution in [0.5, 0.6) is 0 Å². The number of nitrogens with zero attached hydrogens (tertiary/aromatic N) is 4. The highest BCUT2D eigenvalue weighted by atomic mass is 32.1. The minimum atomic E-state index is 0.666. The zero-order chi connectivity index (χ0) is 27.6. The van der Waals surface area contributed by atoms with E-state index in [1.165, 1.54) is 37.4 Å². The second-order valence-electron chi connectivity index (χ2n) is 10.5. The minimum absolute atomic E-state index is 0.666. The smallest absolute Gasteiger partial charge is 0.235 e. The molecule has 0 atom stereocenters. The van der Waals surface area contributed by atoms with Crippen LogP contribution in [0.15, 0.2) is 134 Å². The fourth-order valence-electron chi connectivity index (χ4n) is 6.12. The zero-order valence-corrected chi connectivity index (χ0v) is 23.2. The zero-order valence-electron chi connectivity index (χ0n) is 22.4. The van der Waals surface area contributed by atoms with Crippen LogP contribution in [0.25, 0.3) is 81.3 Å². The summed E-state index contributed by atoms with van der Waals surface area (Å²) in [7, 11) is 0. The summed E-state index contributed by atoms with van der Waals surface area (Å²) < 4.78 is 3.45. The second kappa shape index (κ2) is 9.06. The normalized spacial score (nSPS) is 11.8. The molecule has 0 bridgehead atoms. The van der Waals surface area contributed by atoms with Crippen molar-refractivity contribution >= 4 is 64.3 Å². The number of para-hydroxylation sites is 2. The van der Waals surface area contributed by atoms with Crippen molar-refractivity contribution in [3.63, 3.8) is 0 Å². The summed E-state index contributed by atoms with van der Waals surface area (Å²) in [5, 5.41) is 5.79. The summed E-state index contributed by atoms with van der Waals surface area (Å²) in [4.78, 5) is 16.1. The average Bonchev–Trinajstić information content (AvgIpc) is 3.58. The average molecular weight is 555 g/mol. The Hall–Kier alpha value is -5.39. The SMILES string of the molecule is c1ccc(-c2ccc(-c3nc(-n4c5ccccc5c5cc6sc7ncccc7c6cc54)nc4ccccc34)cc2)cc1. The van der Waals surface area contributed by atoms with Crippen LogP contribution in [-0.4, -0.2) is 19.5 Å². The first-order chi connectivity index (χ1) is 20.8. The molecule has 0 spiro atoms. The molecule has 9 aromatic rings. The summed E-state index contributed by atoms with van der Waals surface area (Å²) >= 11 is 1.74. The number of benzene rings is 5. The Balaban J connectivity index is 1.32. The van der Waals surface area contributed by atoms with Crippen LogP contribution in [0.2, 0.25) is 0 Å². The molecule has 0 saturated carbocycles. The van der Waals surface area contributed by atoms with Gasteiger partial charge in [-0.1, -0.05) is 91.0 Å². The Labute approximate surface area is 245 Å². The van der Waals surface area contributed by atoms with Crippen molar-refractivity contribution < 1.29 is 0 Å². The summed E-state index contributed by atoms with van der Waals surface area (Å²) in [5.74, 6) is 0.666. The number of hydrogen-bond acceptors (Lipinski definition) is 4. The lowest BCUT2D eigenvalue weighted by atomic mass is 10.0. The third kappa shape index (κ3) is 3.51. The van der Waals surface area contributed by atoms with Crippen molar-refractivity contribution in [2.24, 2.45) is 0 Å². The van der Waals surface area contributed by atoms with Crippen molar-refractivity contribution in [3.8, 4) is 28.3 Å². The van der Waals surface area contributed by atoms with Crippen molar-refractivity contribution in [1.82, 2.24) is 19.5 Å². The summed E-state index contributed by atoms with van der Waals surface area (Å²) in [6, 6.07) is 44.7. The van der Waals surface area contributed by atoms with E-state index < -0.39 is 0 Å². The number of aromatic nitrogens is 4. The van der Waals surface area contributed by atoms with Gasteiger partial charge in [0.05, 0.1) is 22.2 Å². The summed E-state index contributed by atoms with van der Waals surface area (Å²) in [6.07, 6.45) is 1.86. The van der Waals surface area contributed by atoms with E-state index in [0.717, 1.165) is 38.0 Å². The van der Waals surface area contributed by atoms with Gasteiger partial charge >= 0.3 is 0 Å². The Kier molecular flexibility index (Phi) is 5.03. The van der Waals surface area contributed by atoms with Gasteiger partial charge in [-0.25, -0.2) is 15.0 Å². The maximum Gasteiger partial charge on any atom is 0.235 e. The van der Waals surface area contributed by atoms with Crippen molar-refractivity contribution in [1.29, 1.82) is 0 Å². The van der Waals surface area contributed by atoms with E-state index in [9.17, 15) is 0 Å². The molecule has 0 unspecified atom stereocenters. The maximum absolute atomic E-state index is 5.29. The molecule has 196 valence electrons. The molecule has 0 amide bonds. The van der Waals surface area contributed by atoms with Gasteiger partial charge in [0, 0.05) is 43.4 Å². The van der Waals surface area contributed by atoms with E-state index in [0.29, 0.717) is 5.95 Å². The predicted molar refractivity (Wildman–Crippen MR) is 175 cm³/mol. The van der Waals surface area contributed by atoms with Gasteiger partial charge in [-0.2, -0.15) is 0 Å². The lowest BCUT2D eigenvalue weighted by Crippen LogP contribution is -2.03. The quantitative estimate of drug-likeness (QED) is 0.218. The maximum atomic E-state index is 5.29. The molecule has 0 fully saturated rings. The summed E-state index contributed by atoms with van der Waals surface area (Å²) in [6.45, 7) is 0. The molecule has 4 heterocycles. The highest BCUT2D eigenvalue weighted by Crippen LogP contribution is 2.40. The molecule has 0 aliphatic carbocycles. The van der Waals surface area contributed by atoms with Crippen molar-refractivity contribution in [2.75, 3.05) is 0 Å². The number of fused-ring (bicyclic) bond motifs is 7. The molecular formula is C37H22N4S. The minimum Gasteiger partial charge on any atom is -0.278 e. The van der Waals surface area contributed by atoms with Crippen LogP contribution < -0.4 is 0 Å².